The molecule has 1 aromatic heterocycles. The van der Waals surface area contributed by atoms with E-state index in [2.05, 4.69) is 4.98 Å². The molecule has 7 nitrogen and oxygen atoms in total. The van der Waals surface area contributed by atoms with Crippen LogP contribution in [0.3, 0.4) is 0 Å². The van der Waals surface area contributed by atoms with E-state index in [9.17, 15) is 14.9 Å². The van der Waals surface area contributed by atoms with Crippen LogP contribution in [-0.4, -0.2) is 22.5 Å². The number of benzene rings is 1. The number of carbonyl (C=O) groups excluding carboxylic acids is 1. The molecule has 106 valence electrons. The lowest BCUT2D eigenvalue weighted by Crippen LogP contribution is -2.05. The van der Waals surface area contributed by atoms with Crippen molar-refractivity contribution < 1.29 is 14.5 Å². The topological polar surface area (TPSA) is 109 Å². The molecule has 21 heavy (non-hydrogen) atoms. The molecule has 1 heterocycles. The van der Waals surface area contributed by atoms with Gasteiger partial charge < -0.3 is 9.72 Å². The Kier molecular flexibility index (Phi) is 4.00. The summed E-state index contributed by atoms with van der Waals surface area (Å²) < 4.78 is 4.93. The van der Waals surface area contributed by atoms with Crippen molar-refractivity contribution in [3.05, 3.63) is 51.8 Å². The molecule has 0 aliphatic carbocycles. The zero-order valence-corrected chi connectivity index (χ0v) is 11.1. The van der Waals surface area contributed by atoms with E-state index in [-0.39, 0.29) is 23.6 Å². The van der Waals surface area contributed by atoms with Crippen molar-refractivity contribution in [1.29, 1.82) is 5.26 Å². The molecule has 2 aromatic rings. The summed E-state index contributed by atoms with van der Waals surface area (Å²) >= 11 is 0. The Morgan fingerprint density at radius 1 is 1.43 bits per heavy atom. The molecule has 1 N–H and O–H groups in total. The van der Waals surface area contributed by atoms with Crippen LogP contribution in [0.25, 0.3) is 11.1 Å². The van der Waals surface area contributed by atoms with Crippen molar-refractivity contribution >= 4 is 11.7 Å². The van der Waals surface area contributed by atoms with Gasteiger partial charge in [-0.2, -0.15) is 5.26 Å². The zero-order chi connectivity index (χ0) is 15.4. The number of hydrogen-bond acceptors (Lipinski definition) is 5. The molecular formula is C14H11N3O4. The van der Waals surface area contributed by atoms with Crippen molar-refractivity contribution in [2.75, 3.05) is 6.61 Å². The van der Waals surface area contributed by atoms with E-state index in [1.165, 1.54) is 30.5 Å². The molecule has 1 aromatic carbocycles. The minimum absolute atomic E-state index is 0.0644. The third kappa shape index (κ3) is 2.74. The minimum atomic E-state index is -0.552. The van der Waals surface area contributed by atoms with Gasteiger partial charge in [0.1, 0.15) is 11.8 Å². The summed E-state index contributed by atoms with van der Waals surface area (Å²) in [6, 6.07) is 7.57. The molecular weight excluding hydrogens is 274 g/mol. The Balaban J connectivity index is 2.51. The highest BCUT2D eigenvalue weighted by molar-refractivity contribution is 5.98. The lowest BCUT2D eigenvalue weighted by molar-refractivity contribution is -0.384. The lowest BCUT2D eigenvalue weighted by atomic mass is 10.0. The number of ether oxygens (including phenoxy) is 1. The lowest BCUT2D eigenvalue weighted by Gasteiger charge is -2.04. The van der Waals surface area contributed by atoms with Crippen molar-refractivity contribution in [3.8, 4) is 17.2 Å². The van der Waals surface area contributed by atoms with E-state index in [0.29, 0.717) is 11.1 Å². The summed E-state index contributed by atoms with van der Waals surface area (Å²) in [5.41, 5.74) is 1.27. The number of hydrogen-bond donors (Lipinski definition) is 1. The van der Waals surface area contributed by atoms with E-state index in [4.69, 9.17) is 10.00 Å². The van der Waals surface area contributed by atoms with Crippen molar-refractivity contribution in [3.63, 3.8) is 0 Å². The fourth-order valence-corrected chi connectivity index (χ4v) is 1.93. The number of rotatable bonds is 4. The Morgan fingerprint density at radius 2 is 2.10 bits per heavy atom. The van der Waals surface area contributed by atoms with Crippen molar-refractivity contribution in [2.45, 2.75) is 6.92 Å². The van der Waals surface area contributed by atoms with Gasteiger partial charge in [0.25, 0.3) is 5.69 Å². The van der Waals surface area contributed by atoms with Crippen molar-refractivity contribution in [2.24, 2.45) is 0 Å². The number of nitrogens with zero attached hydrogens (tertiary/aromatic N) is 2. The monoisotopic (exact) mass is 285 g/mol. The Morgan fingerprint density at radius 3 is 2.62 bits per heavy atom. The second-order valence-corrected chi connectivity index (χ2v) is 4.09. The molecule has 7 heteroatoms. The van der Waals surface area contributed by atoms with Crippen LogP contribution in [0.1, 0.15) is 23.0 Å². The van der Waals surface area contributed by atoms with Gasteiger partial charge in [-0.3, -0.25) is 10.1 Å². The number of H-pyrrole nitrogens is 1. The summed E-state index contributed by atoms with van der Waals surface area (Å²) in [5.74, 6) is -0.552. The van der Waals surface area contributed by atoms with Gasteiger partial charge in [0.2, 0.25) is 0 Å². The molecule has 0 amide bonds. The average Bonchev–Trinajstić information content (AvgIpc) is 2.91. The summed E-state index contributed by atoms with van der Waals surface area (Å²) in [6.07, 6.45) is 1.40. The maximum Gasteiger partial charge on any atom is 0.340 e. The van der Waals surface area contributed by atoms with E-state index < -0.39 is 10.9 Å². The van der Waals surface area contributed by atoms with Crippen LogP contribution in [0.2, 0.25) is 0 Å². The molecule has 2 rings (SSSR count). The molecule has 0 saturated heterocycles. The number of nitro benzene ring substituents is 1. The summed E-state index contributed by atoms with van der Waals surface area (Å²) in [6.45, 7) is 1.90. The van der Waals surface area contributed by atoms with Gasteiger partial charge >= 0.3 is 5.97 Å². The van der Waals surface area contributed by atoms with Crippen LogP contribution in [0.15, 0.2) is 30.5 Å². The van der Waals surface area contributed by atoms with Gasteiger partial charge in [0.15, 0.2) is 0 Å². The standard InChI is InChI=1S/C14H11N3O4/c1-2-21-14(18)11-8-16-12(7-15)13(11)9-3-5-10(6-4-9)17(19)20/h3-6,8,16H,2H2,1H3. The van der Waals surface area contributed by atoms with E-state index in [0.717, 1.165) is 0 Å². The van der Waals surface area contributed by atoms with Gasteiger partial charge in [-0.1, -0.05) is 0 Å². The molecule has 0 saturated carbocycles. The number of nitriles is 1. The van der Waals surface area contributed by atoms with Gasteiger partial charge in [-0.25, -0.2) is 4.79 Å². The zero-order valence-electron chi connectivity index (χ0n) is 11.1. The summed E-state index contributed by atoms with van der Waals surface area (Å²) in [5, 5.41) is 19.8. The highest BCUT2D eigenvalue weighted by atomic mass is 16.6. The second kappa shape index (κ2) is 5.88. The number of non-ortho nitro benzene ring substituents is 1. The average molecular weight is 285 g/mol. The Bertz CT molecular complexity index is 726. The highest BCUT2D eigenvalue weighted by Gasteiger charge is 2.20. The van der Waals surface area contributed by atoms with Crippen LogP contribution >= 0.6 is 0 Å². The van der Waals surface area contributed by atoms with Crippen LogP contribution in [0.5, 0.6) is 0 Å². The highest BCUT2D eigenvalue weighted by Crippen LogP contribution is 2.29. The molecule has 0 fully saturated rings. The predicted molar refractivity (Wildman–Crippen MR) is 73.6 cm³/mol. The molecule has 0 atom stereocenters. The maximum atomic E-state index is 11.9. The molecule has 0 aliphatic heterocycles. The van der Waals surface area contributed by atoms with Crippen molar-refractivity contribution in [1.82, 2.24) is 4.98 Å². The van der Waals surface area contributed by atoms with E-state index in [1.54, 1.807) is 6.92 Å². The number of nitro groups is 1. The third-order valence-corrected chi connectivity index (χ3v) is 2.85. The minimum Gasteiger partial charge on any atom is -0.462 e. The van der Waals surface area contributed by atoms with Crippen LogP contribution in [0.4, 0.5) is 5.69 Å². The first-order valence-electron chi connectivity index (χ1n) is 6.12. The first-order chi connectivity index (χ1) is 10.1. The van der Waals surface area contributed by atoms with Gasteiger partial charge in [-0.05, 0) is 24.6 Å². The molecule has 0 spiro atoms. The third-order valence-electron chi connectivity index (χ3n) is 2.85. The number of esters is 1. The SMILES string of the molecule is CCOC(=O)c1c[nH]c(C#N)c1-c1ccc([N+](=O)[O-])cc1. The number of nitrogens with one attached hydrogen (secondary N) is 1. The smallest absolute Gasteiger partial charge is 0.340 e. The van der Waals surface area contributed by atoms with Crippen LogP contribution in [0, 0.1) is 21.4 Å². The molecule has 0 radical (unpaired) electrons. The second-order valence-electron chi connectivity index (χ2n) is 4.09. The quantitative estimate of drug-likeness (QED) is 0.527. The van der Waals surface area contributed by atoms with E-state index >= 15 is 0 Å². The first kappa shape index (κ1) is 14.3. The van der Waals surface area contributed by atoms with Crippen LogP contribution < -0.4 is 0 Å². The molecule has 0 bridgehead atoms. The predicted octanol–water partition coefficient (Wildman–Crippen LogP) is 2.64. The molecule has 0 unspecified atom stereocenters. The Labute approximate surface area is 119 Å². The fraction of sp³-hybridized carbons (Fsp3) is 0.143. The number of aromatic nitrogens is 1. The normalized spacial score (nSPS) is 9.90. The maximum absolute atomic E-state index is 11.9. The number of carbonyl (C=O) groups is 1. The van der Waals surface area contributed by atoms with Gasteiger partial charge in [0, 0.05) is 23.9 Å². The fourth-order valence-electron chi connectivity index (χ4n) is 1.93. The number of aromatic amines is 1. The van der Waals surface area contributed by atoms with Gasteiger partial charge in [0.05, 0.1) is 17.1 Å². The molecule has 0 aliphatic rings. The Hall–Kier alpha value is -3.14. The van der Waals surface area contributed by atoms with Gasteiger partial charge in [-0.15, -0.1) is 0 Å². The largest absolute Gasteiger partial charge is 0.462 e. The summed E-state index contributed by atoms with van der Waals surface area (Å²) in [4.78, 5) is 24.7. The first-order valence-corrected chi connectivity index (χ1v) is 6.12. The summed E-state index contributed by atoms with van der Waals surface area (Å²) in [7, 11) is 0. The van der Waals surface area contributed by atoms with Crippen LogP contribution in [-0.2, 0) is 4.74 Å². The van der Waals surface area contributed by atoms with E-state index in [1.807, 2.05) is 6.07 Å².